The van der Waals surface area contributed by atoms with Gasteiger partial charge in [0.2, 0.25) is 5.78 Å². The fraction of sp³-hybridized carbons (Fsp3) is 0.0417. The minimum absolute atomic E-state index is 0.0734. The third-order valence-electron chi connectivity index (χ3n) is 5.07. The Labute approximate surface area is 161 Å². The van der Waals surface area contributed by atoms with Crippen molar-refractivity contribution in [3.63, 3.8) is 0 Å². The fourth-order valence-electron chi connectivity index (χ4n) is 3.76. The zero-order chi connectivity index (χ0) is 19.3. The van der Waals surface area contributed by atoms with Gasteiger partial charge in [-0.3, -0.25) is 4.79 Å². The smallest absolute Gasteiger partial charge is 0.231 e. The van der Waals surface area contributed by atoms with Crippen LogP contribution in [0.3, 0.4) is 0 Å². The molecule has 0 fully saturated rings. The molecule has 4 aromatic rings. The molecule has 0 bridgehead atoms. The summed E-state index contributed by atoms with van der Waals surface area (Å²) in [6.07, 6.45) is 3.79. The molecule has 1 aliphatic rings. The Kier molecular flexibility index (Phi) is 3.59. The van der Waals surface area contributed by atoms with Gasteiger partial charge in [0, 0.05) is 35.8 Å². The quantitative estimate of drug-likeness (QED) is 0.498. The lowest BCUT2D eigenvalue weighted by molar-refractivity contribution is 0.101. The maximum Gasteiger partial charge on any atom is 0.231 e. The number of aromatic hydroxyl groups is 1. The molecule has 1 N–H and O–H groups in total. The predicted molar refractivity (Wildman–Crippen MR) is 109 cm³/mol. The van der Waals surface area contributed by atoms with Crippen LogP contribution in [-0.4, -0.2) is 15.5 Å². The maximum absolute atomic E-state index is 12.7. The normalized spacial score (nSPS) is 14.5. The van der Waals surface area contributed by atoms with Gasteiger partial charge in [-0.15, -0.1) is 0 Å². The van der Waals surface area contributed by atoms with Gasteiger partial charge in [0.05, 0.1) is 5.56 Å². The van der Waals surface area contributed by atoms with Crippen molar-refractivity contribution < 1.29 is 14.6 Å². The standard InChI is InChI=1S/C24H17NO3/c1-25-14-16(12-22-24(27)19-11-10-17(26)13-21(19)28-22)23-18(8-5-9-20(23)25)15-6-3-2-4-7-15/h2-14,26H,1H3/b22-12-. The van der Waals surface area contributed by atoms with Crippen molar-refractivity contribution in [3.8, 4) is 22.6 Å². The van der Waals surface area contributed by atoms with Crippen LogP contribution in [0.5, 0.6) is 11.5 Å². The summed E-state index contributed by atoms with van der Waals surface area (Å²) in [5.74, 6) is 0.546. The number of phenols is 1. The Morgan fingerprint density at radius 2 is 1.79 bits per heavy atom. The zero-order valence-corrected chi connectivity index (χ0v) is 15.2. The number of fused-ring (bicyclic) bond motifs is 2. The van der Waals surface area contributed by atoms with Crippen LogP contribution < -0.4 is 4.74 Å². The highest BCUT2D eigenvalue weighted by molar-refractivity contribution is 6.15. The summed E-state index contributed by atoms with van der Waals surface area (Å²) in [5.41, 5.74) is 4.68. The average Bonchev–Trinajstić information content (AvgIpc) is 3.19. The van der Waals surface area contributed by atoms with Crippen LogP contribution >= 0.6 is 0 Å². The number of ketones is 1. The van der Waals surface area contributed by atoms with E-state index in [1.165, 1.54) is 12.1 Å². The second-order valence-corrected chi connectivity index (χ2v) is 6.88. The van der Waals surface area contributed by atoms with Crippen molar-refractivity contribution in [1.29, 1.82) is 0 Å². The van der Waals surface area contributed by atoms with Crippen LogP contribution in [-0.2, 0) is 7.05 Å². The third kappa shape index (κ3) is 2.50. The molecule has 0 unspecified atom stereocenters. The number of phenolic OH excluding ortho intramolecular Hbond substituents is 1. The van der Waals surface area contributed by atoms with E-state index in [0.717, 1.165) is 27.6 Å². The molecular weight excluding hydrogens is 350 g/mol. The Morgan fingerprint density at radius 1 is 0.964 bits per heavy atom. The molecule has 3 aromatic carbocycles. The topological polar surface area (TPSA) is 51.5 Å². The molecule has 5 rings (SSSR count). The number of carbonyl (C=O) groups excluding carboxylic acids is 1. The first-order valence-electron chi connectivity index (χ1n) is 9.02. The summed E-state index contributed by atoms with van der Waals surface area (Å²) >= 11 is 0. The number of hydrogen-bond acceptors (Lipinski definition) is 3. The molecule has 2 heterocycles. The van der Waals surface area contributed by atoms with Crippen molar-refractivity contribution in [2.75, 3.05) is 0 Å². The first kappa shape index (κ1) is 16.4. The van der Waals surface area contributed by atoms with Gasteiger partial charge in [0.25, 0.3) is 0 Å². The van der Waals surface area contributed by atoms with Crippen molar-refractivity contribution in [1.82, 2.24) is 4.57 Å². The predicted octanol–water partition coefficient (Wildman–Crippen LogP) is 5.17. The number of aryl methyl sites for hydroxylation is 1. The Bertz CT molecular complexity index is 1270. The minimum Gasteiger partial charge on any atom is -0.508 e. The van der Waals surface area contributed by atoms with E-state index in [9.17, 15) is 9.90 Å². The molecule has 1 aliphatic heterocycles. The van der Waals surface area contributed by atoms with Crippen LogP contribution in [0.25, 0.3) is 28.1 Å². The molecule has 136 valence electrons. The van der Waals surface area contributed by atoms with Crippen LogP contribution in [0.2, 0.25) is 0 Å². The van der Waals surface area contributed by atoms with E-state index in [1.54, 1.807) is 12.1 Å². The number of carbonyl (C=O) groups is 1. The number of nitrogens with zero attached hydrogens (tertiary/aromatic N) is 1. The summed E-state index contributed by atoms with van der Waals surface area (Å²) in [6, 6.07) is 20.9. The Morgan fingerprint density at radius 3 is 2.61 bits per heavy atom. The lowest BCUT2D eigenvalue weighted by atomic mass is 9.98. The van der Waals surface area contributed by atoms with E-state index < -0.39 is 0 Å². The van der Waals surface area contributed by atoms with Crippen molar-refractivity contribution >= 4 is 22.8 Å². The van der Waals surface area contributed by atoms with Crippen molar-refractivity contribution in [3.05, 3.63) is 89.8 Å². The summed E-state index contributed by atoms with van der Waals surface area (Å²) in [6.45, 7) is 0. The number of benzene rings is 3. The first-order valence-corrected chi connectivity index (χ1v) is 9.02. The molecule has 0 saturated heterocycles. The van der Waals surface area contributed by atoms with Crippen LogP contribution in [0, 0.1) is 0 Å². The number of Topliss-reactive ketones (excluding diaryl/α,β-unsaturated/α-hetero) is 1. The summed E-state index contributed by atoms with van der Waals surface area (Å²) in [5, 5.41) is 10.7. The first-order chi connectivity index (χ1) is 13.6. The van der Waals surface area contributed by atoms with E-state index >= 15 is 0 Å². The molecule has 0 spiro atoms. The van der Waals surface area contributed by atoms with E-state index in [2.05, 4.69) is 24.3 Å². The van der Waals surface area contributed by atoms with Crippen LogP contribution in [0.15, 0.2) is 78.7 Å². The van der Waals surface area contributed by atoms with E-state index in [1.807, 2.05) is 42.1 Å². The second-order valence-electron chi connectivity index (χ2n) is 6.88. The Balaban J connectivity index is 1.69. The molecule has 0 aliphatic carbocycles. The summed E-state index contributed by atoms with van der Waals surface area (Å²) < 4.78 is 7.80. The zero-order valence-electron chi connectivity index (χ0n) is 15.2. The highest BCUT2D eigenvalue weighted by Gasteiger charge is 2.28. The number of aromatic nitrogens is 1. The van der Waals surface area contributed by atoms with Gasteiger partial charge >= 0.3 is 0 Å². The summed E-state index contributed by atoms with van der Waals surface area (Å²) in [7, 11) is 1.99. The minimum atomic E-state index is -0.177. The number of ether oxygens (including phenoxy) is 1. The SMILES string of the molecule is Cn1cc(/C=C2\Oc3cc(O)ccc3C2=O)c2c(-c3ccccc3)cccc21. The van der Waals surface area contributed by atoms with Crippen LogP contribution in [0.4, 0.5) is 0 Å². The molecule has 0 radical (unpaired) electrons. The molecule has 4 heteroatoms. The van der Waals surface area contributed by atoms with Gasteiger partial charge in [-0.25, -0.2) is 0 Å². The molecule has 1 aromatic heterocycles. The molecule has 0 atom stereocenters. The monoisotopic (exact) mass is 367 g/mol. The molecule has 0 amide bonds. The Hall–Kier alpha value is -3.79. The average molecular weight is 367 g/mol. The lowest BCUT2D eigenvalue weighted by Gasteiger charge is -2.06. The molecule has 4 nitrogen and oxygen atoms in total. The highest BCUT2D eigenvalue weighted by Crippen LogP contribution is 2.37. The van der Waals surface area contributed by atoms with Gasteiger partial charge in [0.1, 0.15) is 11.5 Å². The number of hydrogen-bond donors (Lipinski definition) is 1. The fourth-order valence-corrected chi connectivity index (χ4v) is 3.76. The van der Waals surface area contributed by atoms with Crippen molar-refractivity contribution in [2.45, 2.75) is 0 Å². The lowest BCUT2D eigenvalue weighted by Crippen LogP contribution is -1.97. The van der Waals surface area contributed by atoms with E-state index in [0.29, 0.717) is 11.3 Å². The second kappa shape index (κ2) is 6.13. The molecule has 0 saturated carbocycles. The maximum atomic E-state index is 12.7. The van der Waals surface area contributed by atoms with Gasteiger partial charge in [0.15, 0.2) is 5.76 Å². The van der Waals surface area contributed by atoms with E-state index in [-0.39, 0.29) is 17.3 Å². The van der Waals surface area contributed by atoms with Crippen LogP contribution in [0.1, 0.15) is 15.9 Å². The third-order valence-corrected chi connectivity index (χ3v) is 5.07. The summed E-state index contributed by atoms with van der Waals surface area (Å²) in [4.78, 5) is 12.7. The molecule has 28 heavy (non-hydrogen) atoms. The number of allylic oxidation sites excluding steroid dienone is 1. The molecular formula is C24H17NO3. The van der Waals surface area contributed by atoms with Crippen molar-refractivity contribution in [2.24, 2.45) is 7.05 Å². The van der Waals surface area contributed by atoms with Gasteiger partial charge in [-0.2, -0.15) is 0 Å². The van der Waals surface area contributed by atoms with E-state index in [4.69, 9.17) is 4.74 Å². The number of rotatable bonds is 2. The van der Waals surface area contributed by atoms with Gasteiger partial charge in [-0.05, 0) is 35.4 Å². The largest absolute Gasteiger partial charge is 0.508 e. The van der Waals surface area contributed by atoms with Gasteiger partial charge < -0.3 is 14.4 Å². The highest BCUT2D eigenvalue weighted by atomic mass is 16.5. The van der Waals surface area contributed by atoms with Gasteiger partial charge in [-0.1, -0.05) is 42.5 Å².